The van der Waals surface area contributed by atoms with Crippen LogP contribution in [0.4, 0.5) is 4.39 Å². The number of carbonyl (C=O) groups is 1. The summed E-state index contributed by atoms with van der Waals surface area (Å²) < 4.78 is 33.0. The van der Waals surface area contributed by atoms with Crippen molar-refractivity contribution >= 4 is 39.1 Å². The van der Waals surface area contributed by atoms with Crippen LogP contribution >= 0.6 is 22.9 Å². The Morgan fingerprint density at radius 1 is 0.919 bits per heavy atom. The Balaban J connectivity index is 1.08. The number of benzene rings is 4. The Morgan fingerprint density at radius 2 is 1.73 bits per heavy atom. The molecule has 8 rings (SSSR count). The van der Waals surface area contributed by atoms with Crippen molar-refractivity contribution in [3.63, 3.8) is 0 Å². The third-order valence-corrected chi connectivity index (χ3v) is 12.4. The summed E-state index contributed by atoms with van der Waals surface area (Å²) >= 11 is 8.41. The average Bonchev–Trinajstić information content (AvgIpc) is 3.68. The van der Waals surface area contributed by atoms with E-state index < -0.39 is 12.1 Å². The molecule has 0 amide bonds. The van der Waals surface area contributed by atoms with Gasteiger partial charge >= 0.3 is 5.97 Å². The fourth-order valence-corrected chi connectivity index (χ4v) is 8.73. The first-order valence-electron chi connectivity index (χ1n) is 20.1. The number of para-hydroxylation sites is 1. The van der Waals surface area contributed by atoms with Crippen LogP contribution in [0.5, 0.6) is 17.4 Å². The highest BCUT2D eigenvalue weighted by molar-refractivity contribution is 7.22. The van der Waals surface area contributed by atoms with Crippen molar-refractivity contribution in [2.75, 3.05) is 46.4 Å². The van der Waals surface area contributed by atoms with Crippen LogP contribution in [0.25, 0.3) is 43.2 Å². The number of fused-ring (bicyclic) bond motifs is 1. The van der Waals surface area contributed by atoms with Crippen LogP contribution in [0.2, 0.25) is 5.02 Å². The molecule has 4 aromatic carbocycles. The van der Waals surface area contributed by atoms with Gasteiger partial charge in [0.15, 0.2) is 5.82 Å². The van der Waals surface area contributed by atoms with Gasteiger partial charge in [-0.05, 0) is 78.2 Å². The van der Waals surface area contributed by atoms with Crippen molar-refractivity contribution in [3.8, 4) is 50.3 Å². The lowest BCUT2D eigenvalue weighted by Gasteiger charge is -2.32. The number of halogens is 2. The van der Waals surface area contributed by atoms with Crippen molar-refractivity contribution in [1.29, 1.82) is 0 Å². The Morgan fingerprint density at radius 3 is 2.52 bits per heavy atom. The molecule has 0 spiro atoms. The van der Waals surface area contributed by atoms with E-state index in [1.165, 1.54) is 29.8 Å². The van der Waals surface area contributed by atoms with Gasteiger partial charge in [0.05, 0.1) is 22.7 Å². The van der Waals surface area contributed by atoms with Gasteiger partial charge in [0.1, 0.15) is 41.7 Å². The number of aliphatic hydroxyl groups excluding tert-OH is 1. The zero-order chi connectivity index (χ0) is 43.2. The lowest BCUT2D eigenvalue weighted by molar-refractivity contribution is -0.145. The van der Waals surface area contributed by atoms with Gasteiger partial charge in [0.2, 0.25) is 12.0 Å². The average molecular weight is 875 g/mol. The summed E-state index contributed by atoms with van der Waals surface area (Å²) in [5.74, 6) is -0.00962. The zero-order valence-electron chi connectivity index (χ0n) is 34.1. The minimum absolute atomic E-state index is 0.0602. The van der Waals surface area contributed by atoms with E-state index in [1.54, 1.807) is 48.7 Å². The van der Waals surface area contributed by atoms with Crippen LogP contribution in [-0.4, -0.2) is 98.4 Å². The summed E-state index contributed by atoms with van der Waals surface area (Å²) in [6, 6.07) is 26.2. The number of likely N-dealkylation sites (N-methyl/N-ethyl adjacent to an activating group) is 1. The standard InChI is InChI=1S/C47H44ClFN6O6S/c1-29-36(14-15-38(42(29)48)59-23-22-55-20-18-54(2)19-21-55)40-41-45(51-28-52-46(41)62-43(40)31-10-12-34(49)13-11-31)61-39(47(57)58)25-32-7-3-4-9-37(32)60-27-35-16-17-50-44(53-35)33-8-5-6-30(24-33)26-56/h3-17,24,28,39,56H,18-23,25-27H2,1-2H3,(H,57,58). The summed E-state index contributed by atoms with van der Waals surface area (Å²) in [5.41, 5.74) is 5.59. The van der Waals surface area contributed by atoms with Crippen molar-refractivity contribution in [1.82, 2.24) is 29.7 Å². The molecule has 1 atom stereocenters. The van der Waals surface area contributed by atoms with E-state index in [0.29, 0.717) is 56.0 Å². The molecular formula is C47H44ClFN6O6S. The van der Waals surface area contributed by atoms with E-state index >= 15 is 0 Å². The van der Waals surface area contributed by atoms with Gasteiger partial charge < -0.3 is 29.3 Å². The second-order valence-corrected chi connectivity index (χ2v) is 16.4. The Kier molecular flexibility index (Phi) is 13.3. The number of thiophene rings is 1. The maximum atomic E-state index is 14.2. The number of hydrogen-bond acceptors (Lipinski definition) is 12. The number of piperazine rings is 1. The predicted molar refractivity (Wildman–Crippen MR) is 237 cm³/mol. The number of carboxylic acids is 1. The minimum Gasteiger partial charge on any atom is -0.491 e. The van der Waals surface area contributed by atoms with Crippen LogP contribution in [-0.2, 0) is 24.4 Å². The smallest absolute Gasteiger partial charge is 0.345 e. The third kappa shape index (κ3) is 9.70. The molecule has 0 aliphatic carbocycles. The lowest BCUT2D eigenvalue weighted by atomic mass is 9.96. The number of aliphatic hydroxyl groups is 1. The first kappa shape index (κ1) is 42.7. The normalized spacial score (nSPS) is 13.9. The van der Waals surface area contributed by atoms with Crippen molar-refractivity contribution < 1.29 is 33.6 Å². The molecule has 0 radical (unpaired) electrons. The molecule has 1 aliphatic heterocycles. The number of hydrogen-bond donors (Lipinski definition) is 2. The van der Waals surface area contributed by atoms with E-state index in [1.807, 2.05) is 43.3 Å². The van der Waals surface area contributed by atoms with Gasteiger partial charge in [-0.3, -0.25) is 4.90 Å². The SMILES string of the molecule is Cc1c(-c2c(-c3ccc(F)cc3)sc3ncnc(OC(Cc4ccccc4OCc4ccnc(-c5cccc(CO)c5)n4)C(=O)O)c23)ccc(OCCN2CCN(C)CC2)c1Cl. The van der Waals surface area contributed by atoms with E-state index in [0.717, 1.165) is 65.4 Å². The van der Waals surface area contributed by atoms with Crippen molar-refractivity contribution in [2.45, 2.75) is 32.7 Å². The topological polar surface area (TPSA) is 143 Å². The van der Waals surface area contributed by atoms with E-state index in [2.05, 4.69) is 36.8 Å². The molecule has 2 N–H and O–H groups in total. The molecule has 4 heterocycles. The highest BCUT2D eigenvalue weighted by Gasteiger charge is 2.28. The molecule has 1 fully saturated rings. The summed E-state index contributed by atoms with van der Waals surface area (Å²) in [6.45, 7) is 7.13. The van der Waals surface area contributed by atoms with Crippen LogP contribution < -0.4 is 14.2 Å². The molecule has 12 nitrogen and oxygen atoms in total. The predicted octanol–water partition coefficient (Wildman–Crippen LogP) is 8.36. The second kappa shape index (κ2) is 19.3. The molecule has 1 saturated heterocycles. The zero-order valence-corrected chi connectivity index (χ0v) is 35.7. The Bertz CT molecular complexity index is 2690. The van der Waals surface area contributed by atoms with Crippen LogP contribution in [0.1, 0.15) is 22.4 Å². The van der Waals surface area contributed by atoms with Gasteiger partial charge in [-0.2, -0.15) is 0 Å². The third-order valence-electron chi connectivity index (χ3n) is 10.8. The van der Waals surface area contributed by atoms with Crippen LogP contribution in [0.15, 0.2) is 104 Å². The fraction of sp³-hybridized carbons (Fsp3) is 0.255. The van der Waals surface area contributed by atoms with Gasteiger partial charge in [-0.1, -0.05) is 66.2 Å². The molecule has 15 heteroatoms. The molecule has 0 bridgehead atoms. The molecule has 1 aliphatic rings. The molecule has 318 valence electrons. The molecular weight excluding hydrogens is 831 g/mol. The first-order valence-corrected chi connectivity index (χ1v) is 21.3. The van der Waals surface area contributed by atoms with Gasteiger partial charge in [-0.15, -0.1) is 11.3 Å². The van der Waals surface area contributed by atoms with Gasteiger partial charge in [0, 0.05) is 61.3 Å². The van der Waals surface area contributed by atoms with Gasteiger partial charge in [-0.25, -0.2) is 29.1 Å². The monoisotopic (exact) mass is 874 g/mol. The number of aliphatic carboxylic acids is 1. The van der Waals surface area contributed by atoms with E-state index in [4.69, 9.17) is 25.8 Å². The van der Waals surface area contributed by atoms with E-state index in [-0.39, 0.29) is 31.3 Å². The van der Waals surface area contributed by atoms with Gasteiger partial charge in [0.25, 0.3) is 0 Å². The molecule has 1 unspecified atom stereocenters. The number of rotatable bonds is 16. The number of aromatic nitrogens is 4. The molecule has 7 aromatic rings. The maximum absolute atomic E-state index is 14.2. The quantitative estimate of drug-likeness (QED) is 0.0964. The number of carboxylic acid groups (broad SMARTS) is 1. The van der Waals surface area contributed by atoms with E-state index in [9.17, 15) is 19.4 Å². The largest absolute Gasteiger partial charge is 0.491 e. The van der Waals surface area contributed by atoms with Crippen LogP contribution in [0, 0.1) is 12.7 Å². The molecule has 62 heavy (non-hydrogen) atoms. The van der Waals surface area contributed by atoms with Crippen LogP contribution in [0.3, 0.4) is 0 Å². The highest BCUT2D eigenvalue weighted by atomic mass is 35.5. The Labute approximate surface area is 367 Å². The Hall–Kier alpha value is -6.03. The molecule has 3 aromatic heterocycles. The maximum Gasteiger partial charge on any atom is 0.345 e. The number of ether oxygens (including phenoxy) is 3. The molecule has 0 saturated carbocycles. The summed E-state index contributed by atoms with van der Waals surface area (Å²) in [6.07, 6.45) is 1.54. The lowest BCUT2D eigenvalue weighted by Crippen LogP contribution is -2.45. The highest BCUT2D eigenvalue weighted by Crippen LogP contribution is 2.49. The second-order valence-electron chi connectivity index (χ2n) is 15.0. The summed E-state index contributed by atoms with van der Waals surface area (Å²) in [4.78, 5) is 37.1. The van der Waals surface area contributed by atoms with Crippen molar-refractivity contribution in [3.05, 3.63) is 137 Å². The van der Waals surface area contributed by atoms with Crippen molar-refractivity contribution in [2.24, 2.45) is 0 Å². The fourth-order valence-electron chi connectivity index (χ4n) is 7.36. The number of nitrogens with zero attached hydrogens (tertiary/aromatic N) is 6. The minimum atomic E-state index is -1.38. The summed E-state index contributed by atoms with van der Waals surface area (Å²) in [7, 11) is 2.12. The summed E-state index contributed by atoms with van der Waals surface area (Å²) in [5, 5.41) is 21.1. The first-order chi connectivity index (χ1) is 30.1.